The monoisotopic (exact) mass is 498 g/mol. The Kier molecular flexibility index (Phi) is 5.64. The van der Waals surface area contributed by atoms with Crippen molar-refractivity contribution in [2.45, 2.75) is 25.2 Å². The van der Waals surface area contributed by atoms with Crippen LogP contribution in [0.4, 0.5) is 24.5 Å². The molecule has 7 nitrogen and oxygen atoms in total. The lowest BCUT2D eigenvalue weighted by Crippen LogP contribution is -2.51. The van der Waals surface area contributed by atoms with E-state index >= 15 is 0 Å². The number of benzene rings is 2. The molecule has 5 rings (SSSR count). The molecule has 0 saturated carbocycles. The van der Waals surface area contributed by atoms with E-state index in [0.29, 0.717) is 15.3 Å². The maximum Gasteiger partial charge on any atom is 0.409 e. The lowest BCUT2D eigenvalue weighted by molar-refractivity contribution is -0.158. The minimum absolute atomic E-state index is 0.0859. The van der Waals surface area contributed by atoms with Gasteiger partial charge in [0.05, 0.1) is 29.5 Å². The lowest BCUT2D eigenvalue weighted by Gasteiger charge is -2.31. The summed E-state index contributed by atoms with van der Waals surface area (Å²) in [5.41, 5.74) is 0.873. The molecule has 2 amide bonds. The van der Waals surface area contributed by atoms with Crippen LogP contribution in [0.25, 0.3) is 21.3 Å². The second-order valence-corrected chi connectivity index (χ2v) is 8.82. The molecule has 0 fully saturated rings. The summed E-state index contributed by atoms with van der Waals surface area (Å²) in [5.74, 6) is -1.85. The first-order valence-corrected chi connectivity index (χ1v) is 11.4. The summed E-state index contributed by atoms with van der Waals surface area (Å²) in [7, 11) is 0. The quantitative estimate of drug-likeness (QED) is 0.453. The van der Waals surface area contributed by atoms with Crippen LogP contribution in [0.15, 0.2) is 71.1 Å². The molecule has 2 aromatic carbocycles. The van der Waals surface area contributed by atoms with Gasteiger partial charge in [-0.15, -0.1) is 11.3 Å². The Morgan fingerprint density at radius 1 is 1.09 bits per heavy atom. The van der Waals surface area contributed by atoms with Crippen LogP contribution in [0.1, 0.15) is 6.42 Å². The number of nitrogens with one attached hydrogen (secondary N) is 1. The molecule has 35 heavy (non-hydrogen) atoms. The van der Waals surface area contributed by atoms with Gasteiger partial charge in [-0.1, -0.05) is 42.5 Å². The molecule has 11 heteroatoms. The van der Waals surface area contributed by atoms with Crippen molar-refractivity contribution < 1.29 is 22.8 Å². The Morgan fingerprint density at radius 3 is 2.54 bits per heavy atom. The number of hydrogen-bond acceptors (Lipinski definition) is 5. The molecule has 4 aromatic rings. The van der Waals surface area contributed by atoms with Crippen molar-refractivity contribution in [1.29, 1.82) is 0 Å². The Bertz CT molecular complexity index is 1500. The van der Waals surface area contributed by atoms with E-state index in [2.05, 4.69) is 10.3 Å². The van der Waals surface area contributed by atoms with E-state index < -0.39 is 42.6 Å². The van der Waals surface area contributed by atoms with Gasteiger partial charge in [0.2, 0.25) is 11.8 Å². The number of fused-ring (bicyclic) bond motifs is 2. The molecular weight excluding hydrogens is 481 g/mol. The predicted octanol–water partition coefficient (Wildman–Crippen LogP) is 4.43. The number of thiophene rings is 1. The van der Waals surface area contributed by atoms with Crippen molar-refractivity contribution in [2.75, 3.05) is 10.2 Å². The van der Waals surface area contributed by atoms with Gasteiger partial charge in [0.15, 0.2) is 0 Å². The van der Waals surface area contributed by atoms with Gasteiger partial charge in [-0.25, -0.2) is 4.98 Å². The topological polar surface area (TPSA) is 84.3 Å². The van der Waals surface area contributed by atoms with Crippen LogP contribution in [-0.2, 0) is 16.1 Å². The molecule has 0 spiro atoms. The number of para-hydroxylation sites is 2. The average Bonchev–Trinajstić information content (AvgIpc) is 3.19. The Morgan fingerprint density at radius 2 is 1.80 bits per heavy atom. The smallest absolute Gasteiger partial charge is 0.324 e. The summed E-state index contributed by atoms with van der Waals surface area (Å²) < 4.78 is 42.9. The lowest BCUT2D eigenvalue weighted by atomic mass is 10.1. The SMILES string of the molecule is O=C1C[C@H](C(F)(F)F)N(C(=O)Cn2cnc3scc(-c4ccccc4)c3c2=O)c2ccccc2N1. The maximum atomic E-state index is 14.0. The van der Waals surface area contributed by atoms with Gasteiger partial charge in [0, 0.05) is 10.9 Å². The fourth-order valence-electron chi connectivity index (χ4n) is 4.13. The number of alkyl halides is 3. The maximum absolute atomic E-state index is 14.0. The number of carbonyl (C=O) groups excluding carboxylic acids is 2. The molecule has 1 aliphatic heterocycles. The zero-order chi connectivity index (χ0) is 24.7. The summed E-state index contributed by atoms with van der Waals surface area (Å²) in [6.45, 7) is -0.680. The van der Waals surface area contributed by atoms with Crippen molar-refractivity contribution in [3.63, 3.8) is 0 Å². The second kappa shape index (κ2) is 8.66. The van der Waals surface area contributed by atoms with Crippen molar-refractivity contribution >= 4 is 44.7 Å². The van der Waals surface area contributed by atoms with Crippen molar-refractivity contribution in [3.05, 3.63) is 76.7 Å². The summed E-state index contributed by atoms with van der Waals surface area (Å²) in [5, 5.41) is 4.49. The third kappa shape index (κ3) is 4.18. The molecular formula is C24H17F3N4O3S. The van der Waals surface area contributed by atoms with Crippen LogP contribution >= 0.6 is 11.3 Å². The van der Waals surface area contributed by atoms with E-state index in [0.717, 1.165) is 16.5 Å². The van der Waals surface area contributed by atoms with Gasteiger partial charge >= 0.3 is 6.18 Å². The summed E-state index contributed by atoms with van der Waals surface area (Å²) in [6.07, 6.45) is -4.67. The van der Waals surface area contributed by atoms with E-state index in [-0.39, 0.29) is 16.8 Å². The predicted molar refractivity (Wildman–Crippen MR) is 126 cm³/mol. The molecule has 0 bridgehead atoms. The van der Waals surface area contributed by atoms with E-state index in [1.807, 2.05) is 30.3 Å². The fourth-order valence-corrected chi connectivity index (χ4v) is 5.03. The number of rotatable bonds is 3. The van der Waals surface area contributed by atoms with Gasteiger partial charge in [-0.2, -0.15) is 13.2 Å². The highest BCUT2D eigenvalue weighted by molar-refractivity contribution is 7.17. The first kappa shape index (κ1) is 22.8. The Labute approximate surface area is 200 Å². The standard InChI is InChI=1S/C24H17F3N4O3S/c25-24(26,27)18-10-19(32)29-16-8-4-5-9-17(16)31(18)20(33)11-30-13-28-22-21(23(30)34)15(12-35-22)14-6-2-1-3-7-14/h1-9,12-13,18H,10-11H2,(H,29,32)/t18-/m1/s1. The molecule has 1 atom stereocenters. The van der Waals surface area contributed by atoms with Crippen LogP contribution in [0.5, 0.6) is 0 Å². The van der Waals surface area contributed by atoms with Crippen LogP contribution < -0.4 is 15.8 Å². The second-order valence-electron chi connectivity index (χ2n) is 7.96. The minimum Gasteiger partial charge on any atom is -0.324 e. The van der Waals surface area contributed by atoms with Gasteiger partial charge in [0.1, 0.15) is 17.4 Å². The van der Waals surface area contributed by atoms with Crippen LogP contribution in [0.2, 0.25) is 0 Å². The zero-order valence-electron chi connectivity index (χ0n) is 18.0. The van der Waals surface area contributed by atoms with E-state index in [1.54, 1.807) is 11.4 Å². The zero-order valence-corrected chi connectivity index (χ0v) is 18.8. The van der Waals surface area contributed by atoms with Crippen molar-refractivity contribution in [2.24, 2.45) is 0 Å². The number of carbonyl (C=O) groups is 2. The van der Waals surface area contributed by atoms with Crippen LogP contribution in [0.3, 0.4) is 0 Å². The largest absolute Gasteiger partial charge is 0.409 e. The van der Waals surface area contributed by atoms with Gasteiger partial charge < -0.3 is 5.32 Å². The normalized spacial score (nSPS) is 16.0. The summed E-state index contributed by atoms with van der Waals surface area (Å²) in [6, 6.07) is 12.5. The van der Waals surface area contributed by atoms with Gasteiger partial charge in [0.25, 0.3) is 5.56 Å². The third-order valence-corrected chi connectivity index (χ3v) is 6.61. The van der Waals surface area contributed by atoms with E-state index in [9.17, 15) is 27.6 Å². The van der Waals surface area contributed by atoms with Gasteiger partial charge in [-0.3, -0.25) is 23.9 Å². The molecule has 0 radical (unpaired) electrons. The highest BCUT2D eigenvalue weighted by Crippen LogP contribution is 2.38. The molecule has 2 aromatic heterocycles. The Balaban J connectivity index is 1.58. The number of nitrogens with zero attached hydrogens (tertiary/aromatic N) is 3. The van der Waals surface area contributed by atoms with E-state index in [4.69, 9.17) is 0 Å². The molecule has 0 unspecified atom stereocenters. The molecule has 3 heterocycles. The molecule has 1 aliphatic rings. The molecule has 0 aliphatic carbocycles. The first-order valence-electron chi connectivity index (χ1n) is 10.5. The first-order chi connectivity index (χ1) is 16.7. The number of aromatic nitrogens is 2. The fraction of sp³-hybridized carbons (Fsp3) is 0.167. The highest BCUT2D eigenvalue weighted by atomic mass is 32.1. The Hall–Kier alpha value is -3.99. The number of hydrogen-bond donors (Lipinski definition) is 1. The van der Waals surface area contributed by atoms with Crippen molar-refractivity contribution in [1.82, 2.24) is 9.55 Å². The third-order valence-electron chi connectivity index (χ3n) is 5.73. The van der Waals surface area contributed by atoms with Crippen LogP contribution in [0, 0.1) is 0 Å². The molecule has 0 saturated heterocycles. The highest BCUT2D eigenvalue weighted by Gasteiger charge is 2.49. The van der Waals surface area contributed by atoms with Crippen molar-refractivity contribution in [3.8, 4) is 11.1 Å². The van der Waals surface area contributed by atoms with Gasteiger partial charge in [-0.05, 0) is 17.7 Å². The number of amides is 2. The number of halogens is 3. The van der Waals surface area contributed by atoms with Crippen LogP contribution in [-0.4, -0.2) is 33.6 Å². The van der Waals surface area contributed by atoms with E-state index in [1.165, 1.54) is 29.5 Å². The summed E-state index contributed by atoms with van der Waals surface area (Å²) >= 11 is 1.26. The average molecular weight is 498 g/mol. The molecule has 1 N–H and O–H groups in total. The molecule has 178 valence electrons. The minimum atomic E-state index is -4.87. The number of anilines is 2. The summed E-state index contributed by atoms with van der Waals surface area (Å²) in [4.78, 5) is 44.1.